The second kappa shape index (κ2) is 5.93. The molecule has 0 saturated heterocycles. The first-order valence-corrected chi connectivity index (χ1v) is 6.08. The van der Waals surface area contributed by atoms with Crippen LogP contribution in [0.1, 0.15) is 31.2 Å². The van der Waals surface area contributed by atoms with E-state index in [1.807, 2.05) is 5.38 Å². The number of methoxy groups -OCH3 is 1. The van der Waals surface area contributed by atoms with E-state index in [4.69, 9.17) is 4.74 Å². The van der Waals surface area contributed by atoms with Gasteiger partial charge in [0, 0.05) is 10.3 Å². The average Bonchev–Trinajstić information content (AvgIpc) is 2.66. The molecule has 0 aliphatic carbocycles. The summed E-state index contributed by atoms with van der Waals surface area (Å²) in [5.74, 6) is 0.930. The second-order valence-electron chi connectivity index (χ2n) is 3.62. The molecule has 0 fully saturated rings. The van der Waals surface area contributed by atoms with E-state index in [0.717, 1.165) is 24.3 Å². The summed E-state index contributed by atoms with van der Waals surface area (Å²) in [7, 11) is 1.70. The summed E-state index contributed by atoms with van der Waals surface area (Å²) in [5.41, 5.74) is 1.15. The molecule has 0 amide bonds. The van der Waals surface area contributed by atoms with E-state index in [0.29, 0.717) is 0 Å². The predicted molar refractivity (Wildman–Crippen MR) is 66.7 cm³/mol. The number of rotatable bonds is 6. The molecule has 2 nitrogen and oxygen atoms in total. The Morgan fingerprint density at radius 3 is 2.87 bits per heavy atom. The van der Waals surface area contributed by atoms with Gasteiger partial charge in [0.25, 0.3) is 0 Å². The minimum absolute atomic E-state index is 0.263. The number of hydrogen-bond donors (Lipinski definition) is 1. The van der Waals surface area contributed by atoms with Crippen molar-refractivity contribution < 1.29 is 4.74 Å². The highest BCUT2D eigenvalue weighted by Gasteiger charge is 2.13. The normalized spacial score (nSPS) is 12.5. The third kappa shape index (κ3) is 3.36. The molecular formula is C12H19NOS. The highest BCUT2D eigenvalue weighted by molar-refractivity contribution is 7.10. The first-order valence-electron chi connectivity index (χ1n) is 5.20. The van der Waals surface area contributed by atoms with Crippen LogP contribution in [0.2, 0.25) is 0 Å². The molecular weight excluding hydrogens is 206 g/mol. The lowest BCUT2D eigenvalue weighted by Crippen LogP contribution is -2.21. The smallest absolute Gasteiger partial charge is 0.129 e. The average molecular weight is 225 g/mol. The second-order valence-corrected chi connectivity index (χ2v) is 4.57. The van der Waals surface area contributed by atoms with Gasteiger partial charge in [-0.3, -0.25) is 0 Å². The number of ether oxygens (including phenoxy) is 1. The van der Waals surface area contributed by atoms with Crippen LogP contribution < -0.4 is 10.1 Å². The Morgan fingerprint density at radius 1 is 1.67 bits per heavy atom. The molecule has 1 N–H and O–H groups in total. The Morgan fingerprint density at radius 2 is 2.40 bits per heavy atom. The summed E-state index contributed by atoms with van der Waals surface area (Å²) in [6.07, 6.45) is 1.13. The van der Waals surface area contributed by atoms with E-state index >= 15 is 0 Å². The van der Waals surface area contributed by atoms with Gasteiger partial charge in [-0.25, -0.2) is 0 Å². The Hall–Kier alpha value is -0.800. The van der Waals surface area contributed by atoms with Crippen molar-refractivity contribution in [3.05, 3.63) is 28.5 Å². The molecule has 3 heteroatoms. The van der Waals surface area contributed by atoms with Crippen LogP contribution in [-0.4, -0.2) is 13.7 Å². The molecule has 0 spiro atoms. The summed E-state index contributed by atoms with van der Waals surface area (Å²) < 4.78 is 5.18. The Bertz CT molecular complexity index is 319. The van der Waals surface area contributed by atoms with Gasteiger partial charge in [-0.1, -0.05) is 19.1 Å². The van der Waals surface area contributed by atoms with Crippen LogP contribution in [0.15, 0.2) is 23.6 Å². The SMILES string of the molecule is C=C(C)C(NCCC)c1cc(OC)cs1. The summed E-state index contributed by atoms with van der Waals surface area (Å²) in [6, 6.07) is 2.34. The van der Waals surface area contributed by atoms with E-state index in [1.165, 1.54) is 4.88 Å². The van der Waals surface area contributed by atoms with E-state index < -0.39 is 0 Å². The largest absolute Gasteiger partial charge is 0.496 e. The lowest BCUT2D eigenvalue weighted by Gasteiger charge is -2.16. The Balaban J connectivity index is 2.74. The third-order valence-electron chi connectivity index (χ3n) is 2.21. The van der Waals surface area contributed by atoms with Gasteiger partial charge in [-0.15, -0.1) is 11.3 Å². The topological polar surface area (TPSA) is 21.3 Å². The molecule has 84 valence electrons. The molecule has 0 bridgehead atoms. The van der Waals surface area contributed by atoms with Crippen LogP contribution in [0.3, 0.4) is 0 Å². The van der Waals surface area contributed by atoms with Gasteiger partial charge in [-0.05, 0) is 26.0 Å². The summed E-state index contributed by atoms with van der Waals surface area (Å²) in [4.78, 5) is 1.27. The molecule has 0 aromatic carbocycles. The first-order chi connectivity index (χ1) is 7.19. The van der Waals surface area contributed by atoms with Crippen LogP contribution in [0.25, 0.3) is 0 Å². The van der Waals surface area contributed by atoms with E-state index in [2.05, 4.69) is 31.8 Å². The number of thiophene rings is 1. The predicted octanol–water partition coefficient (Wildman–Crippen LogP) is 3.37. The van der Waals surface area contributed by atoms with Crippen LogP contribution in [0.5, 0.6) is 5.75 Å². The van der Waals surface area contributed by atoms with Gasteiger partial charge in [0.15, 0.2) is 0 Å². The zero-order valence-electron chi connectivity index (χ0n) is 9.67. The van der Waals surface area contributed by atoms with Crippen LogP contribution in [0.4, 0.5) is 0 Å². The van der Waals surface area contributed by atoms with Crippen molar-refractivity contribution in [3.8, 4) is 5.75 Å². The maximum absolute atomic E-state index is 5.18. The van der Waals surface area contributed by atoms with E-state index in [9.17, 15) is 0 Å². The van der Waals surface area contributed by atoms with Crippen molar-refractivity contribution in [2.75, 3.05) is 13.7 Å². The van der Waals surface area contributed by atoms with Gasteiger partial charge < -0.3 is 10.1 Å². The molecule has 1 unspecified atom stereocenters. The maximum atomic E-state index is 5.18. The molecule has 15 heavy (non-hydrogen) atoms. The van der Waals surface area contributed by atoms with E-state index in [1.54, 1.807) is 18.4 Å². The monoisotopic (exact) mass is 225 g/mol. The van der Waals surface area contributed by atoms with Crippen LogP contribution in [0, 0.1) is 0 Å². The van der Waals surface area contributed by atoms with Crippen molar-refractivity contribution in [1.29, 1.82) is 0 Å². The Labute approximate surface area is 96.0 Å². The van der Waals surface area contributed by atoms with Crippen molar-refractivity contribution in [3.63, 3.8) is 0 Å². The van der Waals surface area contributed by atoms with Gasteiger partial charge in [0.2, 0.25) is 0 Å². The van der Waals surface area contributed by atoms with Crippen molar-refractivity contribution in [1.82, 2.24) is 5.32 Å². The van der Waals surface area contributed by atoms with Gasteiger partial charge in [0.05, 0.1) is 13.2 Å². The van der Waals surface area contributed by atoms with Gasteiger partial charge in [0.1, 0.15) is 5.75 Å². The first kappa shape index (κ1) is 12.3. The fourth-order valence-electron chi connectivity index (χ4n) is 1.40. The number of nitrogens with one attached hydrogen (secondary N) is 1. The molecule has 1 heterocycles. The molecule has 0 saturated carbocycles. The highest BCUT2D eigenvalue weighted by Crippen LogP contribution is 2.30. The van der Waals surface area contributed by atoms with Gasteiger partial charge >= 0.3 is 0 Å². The minimum atomic E-state index is 0.263. The standard InChI is InChI=1S/C12H19NOS/c1-5-6-13-12(9(2)3)11-7-10(14-4)8-15-11/h7-8,12-13H,2,5-6H2,1,3-4H3. The van der Waals surface area contributed by atoms with Crippen molar-refractivity contribution in [2.24, 2.45) is 0 Å². The summed E-state index contributed by atoms with van der Waals surface area (Å²) >= 11 is 1.71. The highest BCUT2D eigenvalue weighted by atomic mass is 32.1. The fraction of sp³-hybridized carbons (Fsp3) is 0.500. The molecule has 0 aliphatic rings. The molecule has 1 rings (SSSR count). The lowest BCUT2D eigenvalue weighted by atomic mass is 10.1. The zero-order valence-corrected chi connectivity index (χ0v) is 10.5. The zero-order chi connectivity index (χ0) is 11.3. The summed E-state index contributed by atoms with van der Waals surface area (Å²) in [5, 5.41) is 5.50. The van der Waals surface area contributed by atoms with Crippen LogP contribution >= 0.6 is 11.3 Å². The fourth-order valence-corrected chi connectivity index (χ4v) is 2.42. The molecule has 0 aliphatic heterocycles. The summed E-state index contributed by atoms with van der Waals surface area (Å²) in [6.45, 7) is 9.25. The van der Waals surface area contributed by atoms with E-state index in [-0.39, 0.29) is 6.04 Å². The molecule has 1 aromatic heterocycles. The maximum Gasteiger partial charge on any atom is 0.129 e. The Kier molecular flexibility index (Phi) is 4.85. The number of hydrogen-bond acceptors (Lipinski definition) is 3. The molecule has 1 atom stereocenters. The van der Waals surface area contributed by atoms with Crippen LogP contribution in [-0.2, 0) is 0 Å². The minimum Gasteiger partial charge on any atom is -0.496 e. The van der Waals surface area contributed by atoms with Crippen molar-refractivity contribution in [2.45, 2.75) is 26.3 Å². The molecule has 0 radical (unpaired) electrons. The third-order valence-corrected chi connectivity index (χ3v) is 3.18. The quantitative estimate of drug-likeness (QED) is 0.749. The molecule has 1 aromatic rings. The lowest BCUT2D eigenvalue weighted by molar-refractivity contribution is 0.416. The van der Waals surface area contributed by atoms with Crippen molar-refractivity contribution >= 4 is 11.3 Å². The van der Waals surface area contributed by atoms with Gasteiger partial charge in [-0.2, -0.15) is 0 Å².